The van der Waals surface area contributed by atoms with Gasteiger partial charge in [0, 0.05) is 22.2 Å². The van der Waals surface area contributed by atoms with Crippen molar-refractivity contribution in [1.29, 1.82) is 0 Å². The number of fused-ring (bicyclic) bond motifs is 5. The van der Waals surface area contributed by atoms with Gasteiger partial charge in [0.1, 0.15) is 24.0 Å². The van der Waals surface area contributed by atoms with Gasteiger partial charge in [-0.05, 0) is 93.3 Å². The SMILES string of the molecule is CC(C)(C)OC(=O)N1C(C(=O)OC2CCc3cc4c(cc3C2=O)OCc2cc(Cl)ccc2-4)C[C@H]2C[C@H]21. The predicted molar refractivity (Wildman–Crippen MR) is 132 cm³/mol. The number of amides is 1. The number of carbonyl (C=O) groups is 3. The van der Waals surface area contributed by atoms with Gasteiger partial charge in [0.15, 0.2) is 6.10 Å². The van der Waals surface area contributed by atoms with E-state index in [-0.39, 0.29) is 11.8 Å². The number of carbonyl (C=O) groups excluding carboxylic acids is 3. The molecule has 1 amide bonds. The Hall–Kier alpha value is -3.06. The van der Waals surface area contributed by atoms with Gasteiger partial charge >= 0.3 is 12.1 Å². The fraction of sp³-hybridized carbons (Fsp3) is 0.464. The van der Waals surface area contributed by atoms with Crippen LogP contribution in [0.3, 0.4) is 0 Å². The number of nitrogens with zero attached hydrogens (tertiary/aromatic N) is 1. The minimum absolute atomic E-state index is 0.0154. The maximum absolute atomic E-state index is 13.4. The second-order valence-corrected chi connectivity index (χ2v) is 11.6. The molecule has 2 aliphatic heterocycles. The third-order valence-corrected chi connectivity index (χ3v) is 7.65. The molecule has 6 rings (SSSR count). The summed E-state index contributed by atoms with van der Waals surface area (Å²) in [6, 6.07) is 8.79. The summed E-state index contributed by atoms with van der Waals surface area (Å²) in [4.78, 5) is 40.8. The van der Waals surface area contributed by atoms with Gasteiger partial charge in [0.05, 0.1) is 0 Å². The van der Waals surface area contributed by atoms with Crippen LogP contribution < -0.4 is 4.74 Å². The summed E-state index contributed by atoms with van der Waals surface area (Å²) in [5.74, 6) is 0.162. The van der Waals surface area contributed by atoms with Crippen LogP contribution in [0.5, 0.6) is 5.75 Å². The number of aryl methyl sites for hydroxylation is 1. The second-order valence-electron chi connectivity index (χ2n) is 11.1. The molecule has 1 saturated carbocycles. The van der Waals surface area contributed by atoms with Gasteiger partial charge in [-0.15, -0.1) is 0 Å². The summed E-state index contributed by atoms with van der Waals surface area (Å²) in [7, 11) is 0. The van der Waals surface area contributed by atoms with E-state index < -0.39 is 29.8 Å². The van der Waals surface area contributed by atoms with E-state index in [2.05, 4.69) is 0 Å². The van der Waals surface area contributed by atoms with Gasteiger partial charge in [0.25, 0.3) is 0 Å². The molecule has 8 heteroatoms. The number of ether oxygens (including phenoxy) is 3. The molecule has 0 radical (unpaired) electrons. The van der Waals surface area contributed by atoms with Crippen molar-refractivity contribution in [3.8, 4) is 16.9 Å². The molecule has 0 aromatic heterocycles. The number of hydrogen-bond acceptors (Lipinski definition) is 6. The number of esters is 1. The van der Waals surface area contributed by atoms with Gasteiger partial charge in [-0.3, -0.25) is 9.69 Å². The molecule has 2 fully saturated rings. The van der Waals surface area contributed by atoms with Crippen molar-refractivity contribution < 1.29 is 28.6 Å². The lowest BCUT2D eigenvalue weighted by Crippen LogP contribution is -2.47. The largest absolute Gasteiger partial charge is 0.488 e. The molecule has 2 aromatic rings. The molecule has 2 unspecified atom stereocenters. The highest BCUT2D eigenvalue weighted by atomic mass is 35.5. The van der Waals surface area contributed by atoms with E-state index in [1.807, 2.05) is 24.3 Å². The molecule has 4 aliphatic rings. The number of benzene rings is 2. The smallest absolute Gasteiger partial charge is 0.411 e. The van der Waals surface area contributed by atoms with Crippen LogP contribution in [0.1, 0.15) is 61.5 Å². The van der Waals surface area contributed by atoms with Crippen molar-refractivity contribution in [2.24, 2.45) is 5.92 Å². The average Bonchev–Trinajstić information content (AvgIpc) is 3.47. The Morgan fingerprint density at radius 3 is 2.64 bits per heavy atom. The van der Waals surface area contributed by atoms with E-state index in [9.17, 15) is 14.4 Å². The number of piperidine rings is 1. The van der Waals surface area contributed by atoms with Crippen LogP contribution in [0.15, 0.2) is 30.3 Å². The molecule has 2 aromatic carbocycles. The normalized spacial score (nSPS) is 25.7. The topological polar surface area (TPSA) is 82.1 Å². The molecule has 188 valence electrons. The minimum Gasteiger partial charge on any atom is -0.488 e. The van der Waals surface area contributed by atoms with Crippen molar-refractivity contribution >= 4 is 29.4 Å². The third kappa shape index (κ3) is 4.03. The van der Waals surface area contributed by atoms with Gasteiger partial charge < -0.3 is 14.2 Å². The highest BCUT2D eigenvalue weighted by Gasteiger charge is 2.58. The summed E-state index contributed by atoms with van der Waals surface area (Å²) in [5.41, 5.74) is 3.77. The number of likely N-dealkylation sites (tertiary alicyclic amines) is 1. The van der Waals surface area contributed by atoms with E-state index in [1.54, 1.807) is 26.8 Å². The van der Waals surface area contributed by atoms with Crippen molar-refractivity contribution in [2.45, 2.75) is 76.9 Å². The van der Waals surface area contributed by atoms with Crippen LogP contribution in [-0.4, -0.2) is 46.5 Å². The predicted octanol–water partition coefficient (Wildman–Crippen LogP) is 5.34. The van der Waals surface area contributed by atoms with Crippen LogP contribution in [0.2, 0.25) is 5.02 Å². The average molecular weight is 510 g/mol. The van der Waals surface area contributed by atoms with Crippen LogP contribution in [-0.2, 0) is 27.3 Å². The zero-order valence-electron chi connectivity index (χ0n) is 20.5. The molecule has 4 atom stereocenters. The monoisotopic (exact) mass is 509 g/mol. The van der Waals surface area contributed by atoms with E-state index in [0.29, 0.717) is 48.1 Å². The Balaban J connectivity index is 1.20. The van der Waals surface area contributed by atoms with Crippen LogP contribution in [0.25, 0.3) is 11.1 Å². The number of hydrogen-bond donors (Lipinski definition) is 0. The van der Waals surface area contributed by atoms with Crippen molar-refractivity contribution in [3.05, 3.63) is 52.0 Å². The van der Waals surface area contributed by atoms with Crippen LogP contribution >= 0.6 is 11.6 Å². The highest BCUT2D eigenvalue weighted by molar-refractivity contribution is 6.30. The molecule has 2 heterocycles. The zero-order chi connectivity index (χ0) is 25.4. The van der Waals surface area contributed by atoms with Gasteiger partial charge in [0.2, 0.25) is 5.78 Å². The Morgan fingerprint density at radius 1 is 1.06 bits per heavy atom. The summed E-state index contributed by atoms with van der Waals surface area (Å²) in [6.45, 7) is 5.77. The lowest BCUT2D eigenvalue weighted by atomic mass is 9.85. The number of halogens is 1. The first-order valence-corrected chi connectivity index (χ1v) is 12.8. The fourth-order valence-corrected chi connectivity index (χ4v) is 5.85. The first kappa shape index (κ1) is 23.3. The fourth-order valence-electron chi connectivity index (χ4n) is 5.66. The Morgan fingerprint density at radius 2 is 1.86 bits per heavy atom. The summed E-state index contributed by atoms with van der Waals surface area (Å²) >= 11 is 6.14. The van der Waals surface area contributed by atoms with Gasteiger partial charge in [-0.1, -0.05) is 17.7 Å². The van der Waals surface area contributed by atoms with E-state index in [4.69, 9.17) is 25.8 Å². The minimum atomic E-state index is -0.879. The molecule has 0 spiro atoms. The maximum Gasteiger partial charge on any atom is 0.411 e. The van der Waals surface area contributed by atoms with Crippen molar-refractivity contribution in [2.75, 3.05) is 0 Å². The lowest BCUT2D eigenvalue weighted by Gasteiger charge is -2.31. The van der Waals surface area contributed by atoms with Crippen molar-refractivity contribution in [3.63, 3.8) is 0 Å². The van der Waals surface area contributed by atoms with Gasteiger partial charge in [-0.25, -0.2) is 9.59 Å². The number of ketones is 1. The molecule has 0 N–H and O–H groups in total. The molecule has 2 aliphatic carbocycles. The van der Waals surface area contributed by atoms with E-state index in [1.165, 1.54) is 4.90 Å². The Labute approximate surface area is 214 Å². The molecule has 36 heavy (non-hydrogen) atoms. The quantitative estimate of drug-likeness (QED) is 0.508. The number of rotatable bonds is 2. The lowest BCUT2D eigenvalue weighted by molar-refractivity contribution is -0.153. The van der Waals surface area contributed by atoms with Crippen LogP contribution in [0.4, 0.5) is 4.79 Å². The van der Waals surface area contributed by atoms with E-state index >= 15 is 0 Å². The maximum atomic E-state index is 13.4. The van der Waals surface area contributed by atoms with Gasteiger partial charge in [-0.2, -0.15) is 0 Å². The highest BCUT2D eigenvalue weighted by Crippen LogP contribution is 2.49. The standard InChI is InChI=1S/C28H28ClNO6/c1-28(2,3)36-27(33)30-21-10-15(21)11-22(30)26(32)35-23-7-4-14-9-20-18-6-5-17(29)8-16(18)13-34-24(20)12-19(14)25(23)31/h5-6,8-9,12,15,21-23H,4,7,10-11,13H2,1-3H3/t15-,21-,22?,23?/m1/s1. The van der Waals surface area contributed by atoms with E-state index in [0.717, 1.165) is 28.7 Å². The Kier molecular flexibility index (Phi) is 5.34. The summed E-state index contributed by atoms with van der Waals surface area (Å²) < 4.78 is 17.2. The molecular weight excluding hydrogens is 482 g/mol. The molecule has 1 saturated heterocycles. The van der Waals surface area contributed by atoms with Crippen molar-refractivity contribution in [1.82, 2.24) is 4.90 Å². The third-order valence-electron chi connectivity index (χ3n) is 7.42. The second kappa shape index (κ2) is 8.23. The summed E-state index contributed by atoms with van der Waals surface area (Å²) in [5, 5.41) is 0.656. The first-order valence-electron chi connectivity index (χ1n) is 12.4. The van der Waals surface area contributed by atoms with Crippen LogP contribution in [0, 0.1) is 5.92 Å². The summed E-state index contributed by atoms with van der Waals surface area (Å²) in [6.07, 6.45) is 1.04. The molecule has 0 bridgehead atoms. The zero-order valence-corrected chi connectivity index (χ0v) is 21.3. The number of Topliss-reactive ketones (excluding diaryl/α,β-unsaturated/α-hetero) is 1. The molecule has 7 nitrogen and oxygen atoms in total. The first-order chi connectivity index (χ1) is 17.1. The Bertz CT molecular complexity index is 1300. The molecular formula is C28H28ClNO6.